The van der Waals surface area contributed by atoms with Gasteiger partial charge in [-0.3, -0.25) is 9.59 Å². The molecule has 0 bridgehead atoms. The maximum atomic E-state index is 13.5. The lowest BCUT2D eigenvalue weighted by molar-refractivity contribution is -0.135. The SMILES string of the molecule is O=C1CCC2(C(=O)NCc3ccccc3F)SCCN12. The fraction of sp³-hybridized carbons (Fsp3) is 0.429. The van der Waals surface area contributed by atoms with Crippen LogP contribution in [0.3, 0.4) is 0 Å². The van der Waals surface area contributed by atoms with Crippen molar-refractivity contribution in [3.63, 3.8) is 0 Å². The van der Waals surface area contributed by atoms with E-state index in [2.05, 4.69) is 5.32 Å². The Kier molecular flexibility index (Phi) is 3.41. The summed E-state index contributed by atoms with van der Waals surface area (Å²) < 4.78 is 13.5. The van der Waals surface area contributed by atoms with Crippen LogP contribution in [0.5, 0.6) is 0 Å². The van der Waals surface area contributed by atoms with E-state index in [4.69, 9.17) is 0 Å². The molecule has 2 aliphatic rings. The van der Waals surface area contributed by atoms with Crippen LogP contribution in [-0.4, -0.2) is 33.9 Å². The molecule has 1 aromatic carbocycles. The van der Waals surface area contributed by atoms with Crippen molar-refractivity contribution < 1.29 is 14.0 Å². The molecule has 3 rings (SSSR count). The Morgan fingerprint density at radius 2 is 2.25 bits per heavy atom. The van der Waals surface area contributed by atoms with Crippen LogP contribution in [0.1, 0.15) is 18.4 Å². The van der Waals surface area contributed by atoms with Crippen LogP contribution in [-0.2, 0) is 16.1 Å². The molecular formula is C14H15FN2O2S. The maximum absolute atomic E-state index is 13.5. The van der Waals surface area contributed by atoms with Crippen molar-refractivity contribution in [3.8, 4) is 0 Å². The summed E-state index contributed by atoms with van der Waals surface area (Å²) in [4.78, 5) is 25.1. The first-order valence-corrected chi connectivity index (χ1v) is 7.58. The molecule has 106 valence electrons. The molecule has 1 unspecified atom stereocenters. The van der Waals surface area contributed by atoms with Gasteiger partial charge in [-0.25, -0.2) is 4.39 Å². The van der Waals surface area contributed by atoms with E-state index in [1.54, 1.807) is 23.1 Å². The van der Waals surface area contributed by atoms with Crippen molar-refractivity contribution >= 4 is 23.6 Å². The number of nitrogens with one attached hydrogen (secondary N) is 1. The minimum Gasteiger partial charge on any atom is -0.349 e. The lowest BCUT2D eigenvalue weighted by Gasteiger charge is -2.29. The number of fused-ring (bicyclic) bond motifs is 1. The van der Waals surface area contributed by atoms with Gasteiger partial charge >= 0.3 is 0 Å². The molecule has 4 nitrogen and oxygen atoms in total. The van der Waals surface area contributed by atoms with Gasteiger partial charge in [0.2, 0.25) is 5.91 Å². The third-order valence-corrected chi connectivity index (χ3v) is 5.30. The van der Waals surface area contributed by atoms with Gasteiger partial charge in [-0.15, -0.1) is 11.8 Å². The van der Waals surface area contributed by atoms with E-state index in [0.717, 1.165) is 5.75 Å². The van der Waals surface area contributed by atoms with E-state index in [1.165, 1.54) is 17.8 Å². The van der Waals surface area contributed by atoms with Crippen LogP contribution >= 0.6 is 11.8 Å². The van der Waals surface area contributed by atoms with Gasteiger partial charge in [0.25, 0.3) is 5.91 Å². The van der Waals surface area contributed by atoms with Crippen LogP contribution in [0.4, 0.5) is 4.39 Å². The van der Waals surface area contributed by atoms with Crippen LogP contribution in [0.25, 0.3) is 0 Å². The normalized spacial score (nSPS) is 24.9. The van der Waals surface area contributed by atoms with Gasteiger partial charge in [-0.1, -0.05) is 18.2 Å². The summed E-state index contributed by atoms with van der Waals surface area (Å²) in [7, 11) is 0. The molecule has 0 saturated carbocycles. The highest BCUT2D eigenvalue weighted by Crippen LogP contribution is 2.44. The fourth-order valence-electron chi connectivity index (χ4n) is 2.77. The van der Waals surface area contributed by atoms with E-state index in [-0.39, 0.29) is 24.2 Å². The summed E-state index contributed by atoms with van der Waals surface area (Å²) in [6.45, 7) is 0.770. The minimum atomic E-state index is -0.762. The second kappa shape index (κ2) is 5.09. The molecule has 0 aromatic heterocycles. The molecule has 1 N–H and O–H groups in total. The van der Waals surface area contributed by atoms with Crippen LogP contribution in [0.15, 0.2) is 24.3 Å². The summed E-state index contributed by atoms with van der Waals surface area (Å²) >= 11 is 1.51. The molecule has 2 aliphatic heterocycles. The molecule has 1 aromatic rings. The largest absolute Gasteiger partial charge is 0.349 e. The van der Waals surface area contributed by atoms with Crippen molar-refractivity contribution in [1.29, 1.82) is 0 Å². The molecule has 1 atom stereocenters. The topological polar surface area (TPSA) is 49.4 Å². The van der Waals surface area contributed by atoms with Crippen molar-refractivity contribution in [3.05, 3.63) is 35.6 Å². The average molecular weight is 294 g/mol. The zero-order valence-corrected chi connectivity index (χ0v) is 11.7. The van der Waals surface area contributed by atoms with E-state index >= 15 is 0 Å². The number of hydrogen-bond acceptors (Lipinski definition) is 3. The predicted octanol–water partition coefficient (Wildman–Crippen LogP) is 1.51. The molecule has 2 saturated heterocycles. The Morgan fingerprint density at radius 3 is 3.05 bits per heavy atom. The van der Waals surface area contributed by atoms with Gasteiger partial charge in [0.1, 0.15) is 5.82 Å². The molecule has 6 heteroatoms. The van der Waals surface area contributed by atoms with E-state index in [1.807, 2.05) is 0 Å². The van der Waals surface area contributed by atoms with Gasteiger partial charge in [0.15, 0.2) is 4.87 Å². The van der Waals surface area contributed by atoms with Gasteiger partial charge in [0, 0.05) is 30.8 Å². The van der Waals surface area contributed by atoms with Gasteiger partial charge in [-0.05, 0) is 12.5 Å². The lowest BCUT2D eigenvalue weighted by Crippen LogP contribution is -2.50. The number of thioether (sulfide) groups is 1. The van der Waals surface area contributed by atoms with E-state index in [9.17, 15) is 14.0 Å². The first kappa shape index (κ1) is 13.4. The zero-order chi connectivity index (χ0) is 14.2. The number of hydrogen-bond donors (Lipinski definition) is 1. The van der Waals surface area contributed by atoms with Gasteiger partial charge in [0.05, 0.1) is 0 Å². The highest BCUT2D eigenvalue weighted by Gasteiger charge is 2.54. The maximum Gasteiger partial charge on any atom is 0.256 e. The highest BCUT2D eigenvalue weighted by atomic mass is 32.2. The van der Waals surface area contributed by atoms with Crippen molar-refractivity contribution in [2.24, 2.45) is 0 Å². The minimum absolute atomic E-state index is 0.0380. The number of rotatable bonds is 3. The first-order chi connectivity index (χ1) is 9.63. The Morgan fingerprint density at radius 1 is 1.45 bits per heavy atom. The van der Waals surface area contributed by atoms with Crippen molar-refractivity contribution in [2.45, 2.75) is 24.3 Å². The smallest absolute Gasteiger partial charge is 0.256 e. The zero-order valence-electron chi connectivity index (χ0n) is 10.9. The summed E-state index contributed by atoms with van der Waals surface area (Å²) in [6.07, 6.45) is 0.958. The van der Waals surface area contributed by atoms with Crippen molar-refractivity contribution in [1.82, 2.24) is 10.2 Å². The number of carbonyl (C=O) groups is 2. The van der Waals surface area contributed by atoms with Gasteiger partial charge < -0.3 is 10.2 Å². The molecule has 20 heavy (non-hydrogen) atoms. The first-order valence-electron chi connectivity index (χ1n) is 6.60. The molecule has 0 aliphatic carbocycles. The summed E-state index contributed by atoms with van der Waals surface area (Å²) in [5.74, 6) is 0.299. The van der Waals surface area contributed by atoms with Crippen LogP contribution < -0.4 is 5.32 Å². The number of nitrogens with zero attached hydrogens (tertiary/aromatic N) is 1. The molecule has 0 spiro atoms. The Bertz CT molecular complexity index is 566. The average Bonchev–Trinajstić information content (AvgIpc) is 3.00. The monoisotopic (exact) mass is 294 g/mol. The Labute approximate surface area is 120 Å². The summed E-state index contributed by atoms with van der Waals surface area (Å²) in [5, 5.41) is 2.77. The molecule has 2 fully saturated rings. The quantitative estimate of drug-likeness (QED) is 0.919. The van der Waals surface area contributed by atoms with Crippen molar-refractivity contribution in [2.75, 3.05) is 12.3 Å². The van der Waals surface area contributed by atoms with Crippen LogP contribution in [0, 0.1) is 5.82 Å². The third kappa shape index (κ3) is 2.08. The summed E-state index contributed by atoms with van der Waals surface area (Å²) in [6, 6.07) is 6.37. The molecule has 2 heterocycles. The molecule has 0 radical (unpaired) electrons. The second-order valence-corrected chi connectivity index (χ2v) is 6.32. The van der Waals surface area contributed by atoms with Crippen LogP contribution in [0.2, 0.25) is 0 Å². The Hall–Kier alpha value is -1.56. The number of halogens is 1. The summed E-state index contributed by atoms with van der Waals surface area (Å²) in [5.41, 5.74) is 0.455. The van der Waals surface area contributed by atoms with E-state index in [0.29, 0.717) is 24.9 Å². The molecule has 2 amide bonds. The van der Waals surface area contributed by atoms with Gasteiger partial charge in [-0.2, -0.15) is 0 Å². The standard InChI is InChI=1S/C14H15FN2O2S/c15-11-4-2-1-3-10(11)9-16-13(19)14-6-5-12(18)17(14)7-8-20-14/h1-4H,5-9H2,(H,16,19). The Balaban J connectivity index is 1.71. The lowest BCUT2D eigenvalue weighted by atomic mass is 10.1. The molecular weight excluding hydrogens is 279 g/mol. The highest BCUT2D eigenvalue weighted by molar-refractivity contribution is 8.01. The third-order valence-electron chi connectivity index (χ3n) is 3.82. The number of benzene rings is 1. The van der Waals surface area contributed by atoms with E-state index < -0.39 is 4.87 Å². The number of carbonyl (C=O) groups excluding carboxylic acids is 2. The predicted molar refractivity (Wildman–Crippen MR) is 74.4 cm³/mol. The second-order valence-electron chi connectivity index (χ2n) is 4.95. The number of amides is 2. The fourth-order valence-corrected chi connectivity index (χ4v) is 4.18.